The zero-order chi connectivity index (χ0) is 18.4. The van der Waals surface area contributed by atoms with Crippen molar-refractivity contribution in [3.05, 3.63) is 35.9 Å². The minimum absolute atomic E-state index is 0.0104. The molecule has 1 aromatic rings. The zero-order valence-electron chi connectivity index (χ0n) is 15.5. The number of amides is 1. The van der Waals surface area contributed by atoms with Gasteiger partial charge in [-0.05, 0) is 43.6 Å². The summed E-state index contributed by atoms with van der Waals surface area (Å²) in [5.41, 5.74) is 1.35. The average Bonchev–Trinajstić information content (AvgIpc) is 2.68. The predicted octanol–water partition coefficient (Wildman–Crippen LogP) is 2.67. The van der Waals surface area contributed by atoms with Gasteiger partial charge in [-0.1, -0.05) is 36.8 Å². The van der Waals surface area contributed by atoms with Crippen LogP contribution in [0.2, 0.25) is 0 Å². The molecule has 0 unspecified atom stereocenters. The number of sulfonamides is 1. The van der Waals surface area contributed by atoms with E-state index in [0.29, 0.717) is 19.0 Å². The molecule has 2 fully saturated rings. The largest absolute Gasteiger partial charge is 0.343 e. The highest BCUT2D eigenvalue weighted by Crippen LogP contribution is 2.22. The second kappa shape index (κ2) is 9.00. The fraction of sp³-hybridized carbons (Fsp3) is 0.650. The Balaban J connectivity index is 1.42. The lowest BCUT2D eigenvalue weighted by molar-refractivity contribution is -0.132. The van der Waals surface area contributed by atoms with E-state index in [-0.39, 0.29) is 18.1 Å². The molecule has 0 aromatic heterocycles. The van der Waals surface area contributed by atoms with Gasteiger partial charge in [-0.2, -0.15) is 0 Å². The quantitative estimate of drug-likeness (QED) is 0.765. The molecule has 0 radical (unpaired) electrons. The second-order valence-corrected chi connectivity index (χ2v) is 9.63. The maximum atomic E-state index is 12.4. The van der Waals surface area contributed by atoms with Crippen molar-refractivity contribution in [3.8, 4) is 0 Å². The van der Waals surface area contributed by atoms with E-state index in [0.717, 1.165) is 51.6 Å². The van der Waals surface area contributed by atoms with Gasteiger partial charge in [0.1, 0.15) is 0 Å². The first-order valence-electron chi connectivity index (χ1n) is 9.84. The predicted molar refractivity (Wildman–Crippen MR) is 103 cm³/mol. The van der Waals surface area contributed by atoms with E-state index in [1.54, 1.807) is 4.31 Å². The molecule has 0 aliphatic carbocycles. The number of rotatable bonds is 6. The highest BCUT2D eigenvalue weighted by atomic mass is 32.2. The Bertz CT molecular complexity index is 676. The van der Waals surface area contributed by atoms with Crippen LogP contribution in [0.5, 0.6) is 0 Å². The van der Waals surface area contributed by atoms with Gasteiger partial charge >= 0.3 is 0 Å². The van der Waals surface area contributed by atoms with Crippen molar-refractivity contribution in [2.75, 3.05) is 31.9 Å². The summed E-state index contributed by atoms with van der Waals surface area (Å²) >= 11 is 0. The summed E-state index contributed by atoms with van der Waals surface area (Å²) in [5.74, 6) is 0.553. The van der Waals surface area contributed by atoms with E-state index in [1.165, 1.54) is 5.56 Å². The van der Waals surface area contributed by atoms with Gasteiger partial charge in [-0.3, -0.25) is 4.79 Å². The third kappa shape index (κ3) is 5.30. The number of carbonyl (C=O) groups excluding carboxylic acids is 1. The molecule has 144 valence electrons. The topological polar surface area (TPSA) is 57.7 Å². The molecule has 0 atom stereocenters. The smallest absolute Gasteiger partial charge is 0.223 e. The molecule has 5 nitrogen and oxygen atoms in total. The van der Waals surface area contributed by atoms with E-state index >= 15 is 0 Å². The number of likely N-dealkylation sites (tertiary alicyclic amines) is 1. The van der Waals surface area contributed by atoms with Gasteiger partial charge in [-0.25, -0.2) is 12.7 Å². The Morgan fingerprint density at radius 3 is 2.27 bits per heavy atom. The van der Waals surface area contributed by atoms with Gasteiger partial charge in [0.05, 0.1) is 5.75 Å². The van der Waals surface area contributed by atoms with Crippen LogP contribution in [0.15, 0.2) is 30.3 Å². The van der Waals surface area contributed by atoms with Crippen molar-refractivity contribution in [2.45, 2.75) is 44.9 Å². The molecule has 1 amide bonds. The molecule has 0 spiro atoms. The van der Waals surface area contributed by atoms with Gasteiger partial charge in [0, 0.05) is 32.6 Å². The summed E-state index contributed by atoms with van der Waals surface area (Å²) in [7, 11) is -3.28. The van der Waals surface area contributed by atoms with Crippen molar-refractivity contribution in [2.24, 2.45) is 5.92 Å². The van der Waals surface area contributed by atoms with Crippen LogP contribution in [-0.2, 0) is 21.2 Å². The molecular formula is C20H30N2O3S. The molecule has 0 N–H and O–H groups in total. The molecule has 3 rings (SSSR count). The van der Waals surface area contributed by atoms with Gasteiger partial charge < -0.3 is 4.90 Å². The summed E-state index contributed by atoms with van der Waals surface area (Å²) in [5, 5.41) is 0. The van der Waals surface area contributed by atoms with E-state index in [9.17, 15) is 13.2 Å². The molecule has 2 aliphatic rings. The summed E-state index contributed by atoms with van der Waals surface area (Å²) in [6, 6.07) is 10.5. The van der Waals surface area contributed by atoms with Gasteiger partial charge in [0.15, 0.2) is 0 Å². The highest BCUT2D eigenvalue weighted by molar-refractivity contribution is 7.89. The lowest BCUT2D eigenvalue weighted by atomic mass is 9.90. The number of hydrogen-bond donors (Lipinski definition) is 0. The van der Waals surface area contributed by atoms with Crippen molar-refractivity contribution >= 4 is 15.9 Å². The summed E-state index contributed by atoms with van der Waals surface area (Å²) in [6.45, 7) is 2.73. The molecule has 2 saturated heterocycles. The van der Waals surface area contributed by atoms with Gasteiger partial charge in [0.25, 0.3) is 0 Å². The number of hydrogen-bond acceptors (Lipinski definition) is 3. The van der Waals surface area contributed by atoms with Crippen molar-refractivity contribution in [3.63, 3.8) is 0 Å². The van der Waals surface area contributed by atoms with Crippen LogP contribution in [0.25, 0.3) is 0 Å². The van der Waals surface area contributed by atoms with E-state index in [1.807, 2.05) is 11.0 Å². The van der Waals surface area contributed by atoms with Crippen LogP contribution in [0.1, 0.15) is 44.1 Å². The second-order valence-electron chi connectivity index (χ2n) is 7.54. The number of carbonyl (C=O) groups is 1. The minimum atomic E-state index is -3.28. The molecule has 0 saturated carbocycles. The first-order valence-corrected chi connectivity index (χ1v) is 11.4. The number of benzene rings is 1. The average molecular weight is 379 g/mol. The fourth-order valence-corrected chi connectivity index (χ4v) is 5.49. The van der Waals surface area contributed by atoms with Crippen molar-refractivity contribution in [1.29, 1.82) is 0 Å². The molecule has 2 heterocycles. The number of nitrogens with zero attached hydrogens (tertiary/aromatic N) is 2. The zero-order valence-corrected chi connectivity index (χ0v) is 16.3. The Morgan fingerprint density at radius 1 is 0.962 bits per heavy atom. The Morgan fingerprint density at radius 2 is 1.62 bits per heavy atom. The number of piperidine rings is 2. The Kier molecular flexibility index (Phi) is 6.70. The van der Waals surface area contributed by atoms with Crippen LogP contribution < -0.4 is 0 Å². The summed E-state index contributed by atoms with van der Waals surface area (Å²) < 4.78 is 26.3. The van der Waals surface area contributed by atoms with E-state index in [2.05, 4.69) is 24.3 Å². The van der Waals surface area contributed by atoms with Gasteiger partial charge in [0.2, 0.25) is 15.9 Å². The molecular weight excluding hydrogens is 348 g/mol. The van der Waals surface area contributed by atoms with Gasteiger partial charge in [-0.15, -0.1) is 0 Å². The Labute approximate surface area is 157 Å². The van der Waals surface area contributed by atoms with Crippen molar-refractivity contribution < 1.29 is 13.2 Å². The minimum Gasteiger partial charge on any atom is -0.343 e. The molecule has 2 aliphatic heterocycles. The van der Waals surface area contributed by atoms with Crippen molar-refractivity contribution in [1.82, 2.24) is 9.21 Å². The fourth-order valence-electron chi connectivity index (χ4n) is 3.98. The lowest BCUT2D eigenvalue weighted by Crippen LogP contribution is -2.41. The Hall–Kier alpha value is -1.40. The van der Waals surface area contributed by atoms with E-state index < -0.39 is 10.0 Å². The first kappa shape index (κ1) is 19.4. The monoisotopic (exact) mass is 378 g/mol. The van der Waals surface area contributed by atoms with E-state index in [4.69, 9.17) is 0 Å². The third-order valence-corrected chi connectivity index (χ3v) is 7.49. The molecule has 26 heavy (non-hydrogen) atoms. The maximum absolute atomic E-state index is 12.4. The summed E-state index contributed by atoms with van der Waals surface area (Å²) in [6.07, 6.45) is 6.14. The normalized spacial score (nSPS) is 20.2. The SMILES string of the molecule is O=C(CCS(=O)(=O)N1CCCCC1)N1CCC(Cc2ccccc2)CC1. The maximum Gasteiger partial charge on any atom is 0.223 e. The van der Waals surface area contributed by atoms with Crippen LogP contribution >= 0.6 is 0 Å². The van der Waals surface area contributed by atoms with Crippen LogP contribution in [0.4, 0.5) is 0 Å². The summed E-state index contributed by atoms with van der Waals surface area (Å²) in [4.78, 5) is 14.3. The van der Waals surface area contributed by atoms with Crippen LogP contribution in [-0.4, -0.2) is 55.5 Å². The van der Waals surface area contributed by atoms with Crippen LogP contribution in [0, 0.1) is 5.92 Å². The lowest BCUT2D eigenvalue weighted by Gasteiger charge is -2.32. The first-order chi connectivity index (χ1) is 12.5. The standard InChI is InChI=1S/C20H30N2O3S/c23-20(11-16-26(24,25)22-12-5-2-6-13-22)21-14-9-19(10-15-21)17-18-7-3-1-4-8-18/h1,3-4,7-8,19H,2,5-6,9-17H2. The molecule has 6 heteroatoms. The van der Waals surface area contributed by atoms with Crippen LogP contribution in [0.3, 0.4) is 0 Å². The molecule has 0 bridgehead atoms. The third-order valence-electron chi connectivity index (χ3n) is 5.62. The highest BCUT2D eigenvalue weighted by Gasteiger charge is 2.27. The molecule has 1 aromatic carbocycles.